The first kappa shape index (κ1) is 73.1. The van der Waals surface area contributed by atoms with Gasteiger partial charge < -0.3 is 33.8 Å². The zero-order valence-electron chi connectivity index (χ0n) is 47.7. The van der Waals surface area contributed by atoms with Crippen molar-refractivity contribution in [3.05, 3.63) is 0 Å². The van der Waals surface area contributed by atoms with Crippen molar-refractivity contribution in [3.8, 4) is 0 Å². The summed E-state index contributed by atoms with van der Waals surface area (Å²) < 4.78 is 67.4. The fraction of sp³-hybridized carbons (Fsp3) is 0.929. The van der Waals surface area contributed by atoms with Crippen LogP contribution in [-0.4, -0.2) is 96.7 Å². The molecule has 2 unspecified atom stereocenters. The Morgan fingerprint density at radius 2 is 0.613 bits per heavy atom. The van der Waals surface area contributed by atoms with Crippen LogP contribution in [0.25, 0.3) is 0 Å². The van der Waals surface area contributed by atoms with E-state index in [1.54, 1.807) is 0 Å². The van der Waals surface area contributed by atoms with Crippen LogP contribution in [0.2, 0.25) is 0 Å². The van der Waals surface area contributed by atoms with E-state index in [-0.39, 0.29) is 25.7 Å². The molecule has 0 saturated heterocycles. The molecular formula is C56H108O17P2. The van der Waals surface area contributed by atoms with E-state index in [2.05, 4.69) is 34.6 Å². The van der Waals surface area contributed by atoms with Crippen LogP contribution < -0.4 is 0 Å². The first-order valence-electron chi connectivity index (χ1n) is 29.6. The van der Waals surface area contributed by atoms with Gasteiger partial charge in [-0.05, 0) is 31.6 Å². The zero-order valence-corrected chi connectivity index (χ0v) is 49.5. The maximum absolute atomic E-state index is 12.9. The maximum Gasteiger partial charge on any atom is 0.472 e. The number of carbonyl (C=O) groups excluding carboxylic acids is 4. The highest BCUT2D eigenvalue weighted by atomic mass is 31.2. The van der Waals surface area contributed by atoms with Crippen molar-refractivity contribution >= 4 is 39.5 Å². The minimum atomic E-state index is -4.93. The van der Waals surface area contributed by atoms with E-state index < -0.39 is 97.5 Å². The molecule has 3 N–H and O–H groups in total. The molecule has 0 aromatic carbocycles. The van der Waals surface area contributed by atoms with Crippen LogP contribution in [0.5, 0.6) is 0 Å². The fourth-order valence-electron chi connectivity index (χ4n) is 8.17. The molecule has 0 saturated carbocycles. The lowest BCUT2D eigenvalue weighted by Gasteiger charge is -2.21. The summed E-state index contributed by atoms with van der Waals surface area (Å²) >= 11 is 0. The number of aliphatic hydroxyl groups excluding tert-OH is 1. The van der Waals surface area contributed by atoms with Gasteiger partial charge in [-0.25, -0.2) is 9.13 Å². The Kier molecular flexibility index (Phi) is 49.0. The fourth-order valence-corrected chi connectivity index (χ4v) is 9.75. The number of carbonyl (C=O) groups is 4. The summed E-state index contributed by atoms with van der Waals surface area (Å²) in [6.07, 6.45) is 31.0. The summed E-state index contributed by atoms with van der Waals surface area (Å²) in [6.45, 7) is 7.01. The van der Waals surface area contributed by atoms with Crippen LogP contribution in [0.15, 0.2) is 0 Å². The Labute approximate surface area is 454 Å². The van der Waals surface area contributed by atoms with Gasteiger partial charge in [0, 0.05) is 25.7 Å². The number of ether oxygens (including phenoxy) is 4. The molecule has 17 nitrogen and oxygen atoms in total. The molecule has 0 bridgehead atoms. The number of phosphoric acid groups is 2. The summed E-state index contributed by atoms with van der Waals surface area (Å²) in [5.41, 5.74) is 0. The van der Waals surface area contributed by atoms with Gasteiger partial charge in [-0.3, -0.25) is 37.3 Å². The van der Waals surface area contributed by atoms with Crippen molar-refractivity contribution in [2.75, 3.05) is 39.6 Å². The normalized spacial score (nSPS) is 14.5. The second-order valence-electron chi connectivity index (χ2n) is 20.8. The standard InChI is InChI=1S/C56H108O17P2/c1-6-9-12-15-18-26-30-35-40-54(59)67-46-52(73-56(61)42-37-32-27-22-20-19-21-25-28-33-38-49(4)5)48-71-75(64,65)69-44-50(57)43-68-74(62,63)70-47-51(72-55(60)41-36-31-24-17-14-11-8-3)45-66-53(58)39-34-29-23-16-13-10-7-2/h49-52,57H,6-48H2,1-5H3,(H,62,63)(H,64,65)/t50-,51+,52+/m0/s1. The molecular weight excluding hydrogens is 1010 g/mol. The average molecular weight is 1120 g/mol. The minimum Gasteiger partial charge on any atom is -0.462 e. The lowest BCUT2D eigenvalue weighted by Crippen LogP contribution is -2.30. The number of rotatable bonds is 56. The summed E-state index contributed by atoms with van der Waals surface area (Å²) in [5.74, 6) is -1.40. The van der Waals surface area contributed by atoms with Gasteiger partial charge in [0.1, 0.15) is 19.3 Å². The van der Waals surface area contributed by atoms with E-state index in [0.29, 0.717) is 25.7 Å². The van der Waals surface area contributed by atoms with Crippen molar-refractivity contribution in [3.63, 3.8) is 0 Å². The van der Waals surface area contributed by atoms with Gasteiger partial charge in [0.05, 0.1) is 26.4 Å². The van der Waals surface area contributed by atoms with E-state index in [1.165, 1.54) is 64.2 Å². The molecule has 0 aliphatic heterocycles. The second-order valence-corrected chi connectivity index (χ2v) is 23.7. The van der Waals surface area contributed by atoms with E-state index in [4.69, 9.17) is 37.0 Å². The molecule has 5 atom stereocenters. The first-order valence-corrected chi connectivity index (χ1v) is 32.6. The second kappa shape index (κ2) is 50.3. The quantitative estimate of drug-likeness (QED) is 0.0222. The highest BCUT2D eigenvalue weighted by Crippen LogP contribution is 2.45. The topological polar surface area (TPSA) is 237 Å². The Balaban J connectivity index is 5.17. The molecule has 444 valence electrons. The molecule has 0 rings (SSSR count). The number of hydrogen-bond donors (Lipinski definition) is 3. The summed E-state index contributed by atoms with van der Waals surface area (Å²) in [7, 11) is -9.86. The third-order valence-corrected chi connectivity index (χ3v) is 14.7. The Hall–Kier alpha value is -1.94. The van der Waals surface area contributed by atoms with Gasteiger partial charge in [0.25, 0.3) is 0 Å². The number of esters is 4. The third kappa shape index (κ3) is 51.3. The molecule has 19 heteroatoms. The van der Waals surface area contributed by atoms with E-state index in [1.807, 2.05) is 0 Å². The molecule has 0 radical (unpaired) electrons. The molecule has 0 aliphatic rings. The summed E-state index contributed by atoms with van der Waals surface area (Å²) in [4.78, 5) is 71.5. The zero-order chi connectivity index (χ0) is 55.7. The van der Waals surface area contributed by atoms with Crippen molar-refractivity contribution in [1.82, 2.24) is 0 Å². The molecule has 0 amide bonds. The molecule has 0 heterocycles. The summed E-state index contributed by atoms with van der Waals surface area (Å²) in [5, 5.41) is 10.5. The van der Waals surface area contributed by atoms with Crippen LogP contribution in [0.4, 0.5) is 0 Å². The first-order chi connectivity index (χ1) is 36.0. The average Bonchev–Trinajstić information content (AvgIpc) is 3.37. The summed E-state index contributed by atoms with van der Waals surface area (Å²) in [6, 6.07) is 0. The SMILES string of the molecule is CCCCCCCCCCC(=O)OC[C@H](COP(=O)(O)OC[C@@H](O)COP(=O)(O)OC[C@@H](COC(=O)CCCCCCCCC)OC(=O)CCCCCCCCC)OC(=O)CCCCCCCCCCCCC(C)C. The number of unbranched alkanes of at least 4 members (excludes halogenated alkanes) is 28. The Morgan fingerprint density at radius 3 is 0.907 bits per heavy atom. The molecule has 0 fully saturated rings. The van der Waals surface area contributed by atoms with Crippen molar-refractivity contribution in [1.29, 1.82) is 0 Å². The third-order valence-electron chi connectivity index (χ3n) is 12.8. The van der Waals surface area contributed by atoms with Crippen LogP contribution in [0, 0.1) is 5.92 Å². The highest BCUT2D eigenvalue weighted by Gasteiger charge is 2.30. The van der Waals surface area contributed by atoms with Crippen LogP contribution >= 0.6 is 15.6 Å². The molecule has 0 aliphatic carbocycles. The number of aliphatic hydroxyl groups is 1. The maximum atomic E-state index is 12.9. The van der Waals surface area contributed by atoms with E-state index in [9.17, 15) is 43.2 Å². The molecule has 0 aromatic heterocycles. The van der Waals surface area contributed by atoms with Crippen molar-refractivity contribution in [2.45, 2.75) is 291 Å². The predicted octanol–water partition coefficient (Wildman–Crippen LogP) is 14.7. The van der Waals surface area contributed by atoms with Gasteiger partial charge in [-0.2, -0.15) is 0 Å². The number of phosphoric ester groups is 2. The van der Waals surface area contributed by atoms with Gasteiger partial charge in [0.15, 0.2) is 12.2 Å². The number of hydrogen-bond acceptors (Lipinski definition) is 15. The molecule has 75 heavy (non-hydrogen) atoms. The van der Waals surface area contributed by atoms with E-state index in [0.717, 1.165) is 128 Å². The predicted molar refractivity (Wildman–Crippen MR) is 294 cm³/mol. The largest absolute Gasteiger partial charge is 0.472 e. The lowest BCUT2D eigenvalue weighted by molar-refractivity contribution is -0.161. The Bertz CT molecular complexity index is 1480. The van der Waals surface area contributed by atoms with Gasteiger partial charge in [0.2, 0.25) is 0 Å². The smallest absolute Gasteiger partial charge is 0.462 e. The van der Waals surface area contributed by atoms with Gasteiger partial charge in [-0.15, -0.1) is 0 Å². The molecule has 0 aromatic rings. The van der Waals surface area contributed by atoms with Gasteiger partial charge in [-0.1, -0.05) is 221 Å². The Morgan fingerprint density at radius 1 is 0.360 bits per heavy atom. The van der Waals surface area contributed by atoms with Crippen LogP contribution in [0.3, 0.4) is 0 Å². The monoisotopic (exact) mass is 1110 g/mol. The lowest BCUT2D eigenvalue weighted by atomic mass is 10.0. The van der Waals surface area contributed by atoms with Crippen molar-refractivity contribution in [2.24, 2.45) is 5.92 Å². The molecule has 0 spiro atoms. The van der Waals surface area contributed by atoms with E-state index >= 15 is 0 Å². The van der Waals surface area contributed by atoms with Crippen LogP contribution in [-0.2, 0) is 65.4 Å². The minimum absolute atomic E-state index is 0.103. The van der Waals surface area contributed by atoms with Gasteiger partial charge >= 0.3 is 39.5 Å². The highest BCUT2D eigenvalue weighted by molar-refractivity contribution is 7.47. The van der Waals surface area contributed by atoms with Crippen molar-refractivity contribution < 1.29 is 80.2 Å². The van der Waals surface area contributed by atoms with Crippen LogP contribution in [0.1, 0.15) is 272 Å².